The summed E-state index contributed by atoms with van der Waals surface area (Å²) in [5.41, 5.74) is 5.49. The minimum Gasteiger partial charge on any atom is -0.394 e. The monoisotopic (exact) mass is 297 g/mol. The number of aliphatic hydroxyl groups excluding tert-OH is 3. The molecule has 0 unspecified atom stereocenters. The predicted octanol–water partition coefficient (Wildman–Crippen LogP) is -1.14. The molecular formula is C13H19N3O5. The van der Waals surface area contributed by atoms with Crippen molar-refractivity contribution in [3.63, 3.8) is 0 Å². The lowest BCUT2D eigenvalue weighted by molar-refractivity contribution is -0.0549. The third kappa shape index (κ3) is 2.98. The van der Waals surface area contributed by atoms with Crippen LogP contribution in [0.1, 0.15) is 25.1 Å². The molecule has 2 heterocycles. The zero-order chi connectivity index (χ0) is 15.6. The van der Waals surface area contributed by atoms with Gasteiger partial charge in [-0.2, -0.15) is 4.98 Å². The van der Waals surface area contributed by atoms with Gasteiger partial charge in [0.1, 0.15) is 24.1 Å². The summed E-state index contributed by atoms with van der Waals surface area (Å²) < 4.78 is 6.37. The smallest absolute Gasteiger partial charge is 0.351 e. The van der Waals surface area contributed by atoms with E-state index in [-0.39, 0.29) is 5.82 Å². The zero-order valence-electron chi connectivity index (χ0n) is 11.6. The number of nitrogens with zero attached hydrogens (tertiary/aromatic N) is 2. The molecule has 0 bridgehead atoms. The normalized spacial score (nSPS) is 29.3. The summed E-state index contributed by atoms with van der Waals surface area (Å²) in [4.78, 5) is 15.6. The van der Waals surface area contributed by atoms with E-state index in [0.29, 0.717) is 5.56 Å². The van der Waals surface area contributed by atoms with Crippen LogP contribution in [0.2, 0.25) is 0 Å². The van der Waals surface area contributed by atoms with Gasteiger partial charge in [-0.05, 0) is 6.42 Å². The maximum absolute atomic E-state index is 11.9. The first-order valence-corrected chi connectivity index (χ1v) is 6.67. The van der Waals surface area contributed by atoms with Crippen molar-refractivity contribution in [3.05, 3.63) is 28.3 Å². The van der Waals surface area contributed by atoms with Gasteiger partial charge in [0.05, 0.1) is 6.61 Å². The van der Waals surface area contributed by atoms with E-state index in [1.165, 1.54) is 6.20 Å². The molecular weight excluding hydrogens is 278 g/mol. The standard InChI is InChI=1S/C13H19N3O5/c1-2-3-4-7-5-16(13(20)15-11(7)14)12-10(19)9(18)8(6-17)21-12/h3-5,8-10,12,17-19H,2,6H2,1H3,(H2,14,15,20)/t8-,9-,10+,12-/m1/s1. The Bertz CT molecular complexity index is 586. The molecule has 2 rings (SSSR count). The summed E-state index contributed by atoms with van der Waals surface area (Å²) in [5.74, 6) is 0.0766. The molecule has 1 saturated heterocycles. The van der Waals surface area contributed by atoms with E-state index >= 15 is 0 Å². The molecule has 1 fully saturated rings. The third-order valence-electron chi connectivity index (χ3n) is 3.34. The molecule has 0 aliphatic carbocycles. The summed E-state index contributed by atoms with van der Waals surface area (Å²) in [7, 11) is 0. The Hall–Kier alpha value is -1.74. The second kappa shape index (κ2) is 6.35. The minimum atomic E-state index is -1.34. The molecule has 0 radical (unpaired) electrons. The first-order valence-electron chi connectivity index (χ1n) is 6.67. The predicted molar refractivity (Wildman–Crippen MR) is 75.2 cm³/mol. The second-order valence-electron chi connectivity index (χ2n) is 4.81. The van der Waals surface area contributed by atoms with Crippen LogP contribution < -0.4 is 11.4 Å². The number of nitrogens with two attached hydrogens (primary N) is 1. The van der Waals surface area contributed by atoms with Crippen molar-refractivity contribution < 1.29 is 20.1 Å². The Balaban J connectivity index is 2.40. The average molecular weight is 297 g/mol. The van der Waals surface area contributed by atoms with Gasteiger partial charge < -0.3 is 25.8 Å². The molecule has 5 N–H and O–H groups in total. The molecule has 0 saturated carbocycles. The van der Waals surface area contributed by atoms with Gasteiger partial charge in [-0.3, -0.25) is 4.57 Å². The molecule has 4 atom stereocenters. The highest BCUT2D eigenvalue weighted by atomic mass is 16.6. The Morgan fingerprint density at radius 2 is 2.19 bits per heavy atom. The quantitative estimate of drug-likeness (QED) is 0.552. The molecule has 8 heteroatoms. The van der Waals surface area contributed by atoms with Gasteiger partial charge >= 0.3 is 5.69 Å². The van der Waals surface area contributed by atoms with Crippen molar-refractivity contribution in [2.45, 2.75) is 37.9 Å². The molecule has 1 aromatic heterocycles. The van der Waals surface area contributed by atoms with Crippen LogP contribution in [0.5, 0.6) is 0 Å². The minimum absolute atomic E-state index is 0.0766. The van der Waals surface area contributed by atoms with Gasteiger partial charge in [-0.15, -0.1) is 0 Å². The number of aromatic nitrogens is 2. The van der Waals surface area contributed by atoms with Gasteiger partial charge in [0.15, 0.2) is 6.23 Å². The summed E-state index contributed by atoms with van der Waals surface area (Å²) in [5, 5.41) is 28.8. The number of rotatable bonds is 4. The van der Waals surface area contributed by atoms with E-state index in [4.69, 9.17) is 15.6 Å². The van der Waals surface area contributed by atoms with Crippen molar-refractivity contribution in [1.29, 1.82) is 0 Å². The van der Waals surface area contributed by atoms with Gasteiger partial charge in [0, 0.05) is 11.8 Å². The number of hydrogen-bond donors (Lipinski definition) is 4. The molecule has 1 aliphatic rings. The Kier molecular flexibility index (Phi) is 4.73. The number of nitrogen functional groups attached to an aromatic ring is 1. The number of hydrogen-bond acceptors (Lipinski definition) is 7. The molecule has 116 valence electrons. The van der Waals surface area contributed by atoms with Gasteiger partial charge in [0.25, 0.3) is 0 Å². The zero-order valence-corrected chi connectivity index (χ0v) is 11.6. The topological polar surface area (TPSA) is 131 Å². The van der Waals surface area contributed by atoms with Crippen molar-refractivity contribution in [1.82, 2.24) is 9.55 Å². The summed E-state index contributed by atoms with van der Waals surface area (Å²) in [6, 6.07) is 0. The average Bonchev–Trinajstić information content (AvgIpc) is 2.74. The molecule has 21 heavy (non-hydrogen) atoms. The molecule has 0 spiro atoms. The lowest BCUT2D eigenvalue weighted by Gasteiger charge is -2.18. The molecule has 0 amide bonds. The van der Waals surface area contributed by atoms with Crippen LogP contribution >= 0.6 is 0 Å². The van der Waals surface area contributed by atoms with Crippen LogP contribution in [0, 0.1) is 0 Å². The first kappa shape index (κ1) is 15.6. The highest BCUT2D eigenvalue weighted by molar-refractivity contribution is 5.59. The van der Waals surface area contributed by atoms with Gasteiger partial charge in [0.2, 0.25) is 0 Å². The third-order valence-corrected chi connectivity index (χ3v) is 3.34. The van der Waals surface area contributed by atoms with Crippen LogP contribution in [-0.4, -0.2) is 49.8 Å². The Morgan fingerprint density at radius 3 is 2.76 bits per heavy atom. The first-order chi connectivity index (χ1) is 9.99. The highest BCUT2D eigenvalue weighted by Crippen LogP contribution is 2.28. The van der Waals surface area contributed by atoms with Crippen molar-refractivity contribution >= 4 is 11.9 Å². The van der Waals surface area contributed by atoms with E-state index in [0.717, 1.165) is 11.0 Å². The van der Waals surface area contributed by atoms with E-state index in [2.05, 4.69) is 4.98 Å². The maximum Gasteiger partial charge on any atom is 0.351 e. The van der Waals surface area contributed by atoms with Crippen LogP contribution in [0.25, 0.3) is 6.08 Å². The van der Waals surface area contributed by atoms with Crippen molar-refractivity contribution in [3.8, 4) is 0 Å². The van der Waals surface area contributed by atoms with Crippen LogP contribution in [-0.2, 0) is 4.74 Å². The Labute approximate surface area is 121 Å². The lowest BCUT2D eigenvalue weighted by Crippen LogP contribution is -2.36. The summed E-state index contributed by atoms with van der Waals surface area (Å²) >= 11 is 0. The molecule has 1 aliphatic heterocycles. The fourth-order valence-corrected chi connectivity index (χ4v) is 2.16. The largest absolute Gasteiger partial charge is 0.394 e. The Morgan fingerprint density at radius 1 is 1.48 bits per heavy atom. The van der Waals surface area contributed by atoms with Crippen LogP contribution in [0.4, 0.5) is 5.82 Å². The highest BCUT2D eigenvalue weighted by Gasteiger charge is 2.43. The van der Waals surface area contributed by atoms with Crippen LogP contribution in [0.15, 0.2) is 17.1 Å². The number of ether oxygens (including phenoxy) is 1. The fourth-order valence-electron chi connectivity index (χ4n) is 2.16. The van der Waals surface area contributed by atoms with E-state index in [1.54, 1.807) is 6.08 Å². The fraction of sp³-hybridized carbons (Fsp3) is 0.538. The maximum atomic E-state index is 11.9. The molecule has 0 aromatic carbocycles. The van der Waals surface area contributed by atoms with E-state index in [9.17, 15) is 15.0 Å². The molecule has 8 nitrogen and oxygen atoms in total. The second-order valence-corrected chi connectivity index (χ2v) is 4.81. The summed E-state index contributed by atoms with van der Waals surface area (Å²) in [6.07, 6.45) is 1.06. The van der Waals surface area contributed by atoms with E-state index in [1.807, 2.05) is 13.0 Å². The molecule has 1 aromatic rings. The van der Waals surface area contributed by atoms with Crippen molar-refractivity contribution in [2.75, 3.05) is 12.3 Å². The van der Waals surface area contributed by atoms with Crippen molar-refractivity contribution in [2.24, 2.45) is 0 Å². The number of allylic oxidation sites excluding steroid dienone is 1. The number of anilines is 1. The van der Waals surface area contributed by atoms with E-state index < -0.39 is 36.8 Å². The van der Waals surface area contributed by atoms with Crippen LogP contribution in [0.3, 0.4) is 0 Å². The van der Waals surface area contributed by atoms with Gasteiger partial charge in [-0.1, -0.05) is 19.1 Å². The lowest BCUT2D eigenvalue weighted by atomic mass is 10.1. The van der Waals surface area contributed by atoms with Gasteiger partial charge in [-0.25, -0.2) is 4.79 Å². The summed E-state index contributed by atoms with van der Waals surface area (Å²) in [6.45, 7) is 1.48. The SMILES string of the molecule is CCC=Cc1cn([C@@H]2O[C@H](CO)[C@@H](O)[C@@H]2O)c(=O)nc1N. The number of aliphatic hydroxyl groups is 3.